The number of alkyl halides is 3. The highest BCUT2D eigenvalue weighted by Gasteiger charge is 2.38. The average molecular weight is 670 g/mol. The van der Waals surface area contributed by atoms with E-state index in [1.807, 2.05) is 16.8 Å². The number of hydrogen-bond donors (Lipinski definition) is 1. The molecule has 1 aliphatic carbocycles. The first kappa shape index (κ1) is 35.6. The summed E-state index contributed by atoms with van der Waals surface area (Å²) >= 11 is 0. The lowest BCUT2D eigenvalue weighted by Crippen LogP contribution is -2.41. The largest absolute Gasteiger partial charge is 0.418 e. The number of halogens is 3. The normalized spacial score (nSPS) is 19.1. The highest BCUT2D eigenvalue weighted by molar-refractivity contribution is 6.74. The zero-order valence-electron chi connectivity index (χ0n) is 29.4. The number of benzene rings is 1. The van der Waals surface area contributed by atoms with E-state index in [1.165, 1.54) is 18.9 Å². The third-order valence-electron chi connectivity index (χ3n) is 10.7. The van der Waals surface area contributed by atoms with Crippen LogP contribution in [0.25, 0.3) is 0 Å². The van der Waals surface area contributed by atoms with Crippen molar-refractivity contribution in [1.29, 1.82) is 0 Å². The Morgan fingerprint density at radius 2 is 1.85 bits per heavy atom. The van der Waals surface area contributed by atoms with Crippen LogP contribution in [-0.2, 0) is 30.2 Å². The van der Waals surface area contributed by atoms with Gasteiger partial charge in [-0.3, -0.25) is 14.6 Å². The van der Waals surface area contributed by atoms with Gasteiger partial charge in [-0.05, 0) is 104 Å². The summed E-state index contributed by atoms with van der Waals surface area (Å²) in [5.41, 5.74) is 4.14. The van der Waals surface area contributed by atoms with Gasteiger partial charge in [-0.2, -0.15) is 18.3 Å². The van der Waals surface area contributed by atoms with Crippen molar-refractivity contribution in [3.63, 3.8) is 0 Å². The van der Waals surface area contributed by atoms with Crippen LogP contribution in [-0.4, -0.2) is 47.7 Å². The molecule has 1 saturated carbocycles. The number of hydrogen-bond acceptors (Lipinski definition) is 5. The van der Waals surface area contributed by atoms with Crippen LogP contribution in [0.2, 0.25) is 18.1 Å². The molecule has 2 atom stereocenters. The molecule has 1 aliphatic heterocycles. The average Bonchev–Trinajstić information content (AvgIpc) is 3.32. The molecule has 3 aromatic rings. The molecule has 2 aliphatic rings. The Balaban J connectivity index is 1.30. The van der Waals surface area contributed by atoms with Crippen molar-refractivity contribution in [3.8, 4) is 0 Å². The highest BCUT2D eigenvalue weighted by Crippen LogP contribution is 2.44. The predicted molar refractivity (Wildman–Crippen MR) is 186 cm³/mol. The molecule has 0 radical (unpaired) electrons. The number of anilines is 1. The van der Waals surface area contributed by atoms with Crippen molar-refractivity contribution in [3.05, 3.63) is 76.4 Å². The molecule has 1 saturated heterocycles. The minimum atomic E-state index is -4.47. The van der Waals surface area contributed by atoms with Crippen LogP contribution in [0.3, 0.4) is 0 Å². The van der Waals surface area contributed by atoms with Gasteiger partial charge in [-0.15, -0.1) is 0 Å². The number of likely N-dealkylation sites (tertiary alicyclic amines) is 1. The SMILES string of the molecule is Cc1cn(CCO[Si](C)(C)C(C)(C)C)nc1C(c1cccc(NCc2ncc(CN3CCC[C@H](C)C3)cc2C(F)(F)F)c1)C1CCC1. The molecule has 0 bridgehead atoms. The Morgan fingerprint density at radius 3 is 2.51 bits per heavy atom. The van der Waals surface area contributed by atoms with Crippen LogP contribution in [0.5, 0.6) is 0 Å². The lowest BCUT2D eigenvalue weighted by Gasteiger charge is -2.36. The number of nitrogens with zero attached hydrogens (tertiary/aromatic N) is 4. The Kier molecular flexibility index (Phi) is 10.9. The molecule has 258 valence electrons. The summed E-state index contributed by atoms with van der Waals surface area (Å²) < 4.78 is 51.1. The van der Waals surface area contributed by atoms with Gasteiger partial charge in [0.25, 0.3) is 0 Å². The van der Waals surface area contributed by atoms with Gasteiger partial charge in [0, 0.05) is 37.1 Å². The van der Waals surface area contributed by atoms with E-state index < -0.39 is 20.1 Å². The Labute approximate surface area is 280 Å². The van der Waals surface area contributed by atoms with Crippen LogP contribution in [0, 0.1) is 18.8 Å². The second-order valence-electron chi connectivity index (χ2n) is 15.5. The molecule has 47 heavy (non-hydrogen) atoms. The highest BCUT2D eigenvalue weighted by atomic mass is 28.4. The van der Waals surface area contributed by atoms with Crippen LogP contribution >= 0.6 is 0 Å². The summed E-state index contributed by atoms with van der Waals surface area (Å²) in [4.78, 5) is 6.58. The fourth-order valence-electron chi connectivity index (χ4n) is 6.72. The summed E-state index contributed by atoms with van der Waals surface area (Å²) in [7, 11) is -1.84. The van der Waals surface area contributed by atoms with E-state index in [1.54, 1.807) is 6.20 Å². The third-order valence-corrected chi connectivity index (χ3v) is 15.2. The molecular weight excluding hydrogens is 616 g/mol. The molecule has 3 heterocycles. The molecular formula is C37H54F3N5OSi. The van der Waals surface area contributed by atoms with Gasteiger partial charge in [-0.1, -0.05) is 46.2 Å². The first-order chi connectivity index (χ1) is 22.1. The van der Waals surface area contributed by atoms with Crippen molar-refractivity contribution in [2.24, 2.45) is 11.8 Å². The van der Waals surface area contributed by atoms with Crippen molar-refractivity contribution in [2.75, 3.05) is 25.0 Å². The van der Waals surface area contributed by atoms with Crippen molar-refractivity contribution < 1.29 is 17.6 Å². The molecule has 10 heteroatoms. The van der Waals surface area contributed by atoms with Crippen molar-refractivity contribution in [2.45, 2.75) is 117 Å². The van der Waals surface area contributed by atoms with E-state index >= 15 is 0 Å². The van der Waals surface area contributed by atoms with Crippen LogP contribution in [0.1, 0.15) is 99.4 Å². The van der Waals surface area contributed by atoms with Gasteiger partial charge in [0.2, 0.25) is 0 Å². The summed E-state index contributed by atoms with van der Waals surface area (Å²) in [6.07, 6.45) is 5.01. The van der Waals surface area contributed by atoms with Crippen LogP contribution < -0.4 is 5.32 Å². The Morgan fingerprint density at radius 1 is 1.09 bits per heavy atom. The standard InChI is InChI=1S/C37H54F3N5OSi/c1-26-11-10-16-44(23-26)25-28-19-32(37(38,39)40)33(42-21-28)22-41-31-15-9-14-30(20-31)34(29-12-8-13-29)35-27(2)24-45(43-35)17-18-46-47(6,7)36(3,4)5/h9,14-15,19-21,24,26,29,34,41H,8,10-13,16-18,22-23,25H2,1-7H3/t26-,34?/m0/s1. The third kappa shape index (κ3) is 8.86. The molecule has 0 amide bonds. The Bertz CT molecular complexity index is 1490. The summed E-state index contributed by atoms with van der Waals surface area (Å²) in [6, 6.07) is 9.42. The van der Waals surface area contributed by atoms with E-state index in [4.69, 9.17) is 9.52 Å². The molecule has 1 N–H and O–H groups in total. The van der Waals surface area contributed by atoms with Gasteiger partial charge in [0.05, 0.1) is 36.6 Å². The zero-order chi connectivity index (χ0) is 34.0. The number of aryl methyl sites for hydroxylation is 1. The van der Waals surface area contributed by atoms with Gasteiger partial charge in [-0.25, -0.2) is 0 Å². The molecule has 5 rings (SSSR count). The topological polar surface area (TPSA) is 55.2 Å². The predicted octanol–water partition coefficient (Wildman–Crippen LogP) is 9.40. The number of piperidine rings is 1. The van der Waals surface area contributed by atoms with Crippen molar-refractivity contribution >= 4 is 14.0 Å². The summed E-state index contributed by atoms with van der Waals surface area (Å²) in [6.45, 7) is 19.3. The Hall–Kier alpha value is -2.69. The smallest absolute Gasteiger partial charge is 0.415 e. The van der Waals surface area contributed by atoms with Gasteiger partial charge >= 0.3 is 6.18 Å². The van der Waals surface area contributed by atoms with E-state index in [2.05, 4.69) is 81.2 Å². The first-order valence-electron chi connectivity index (χ1n) is 17.4. The van der Waals surface area contributed by atoms with E-state index in [0.717, 1.165) is 54.9 Å². The number of aromatic nitrogens is 3. The molecule has 1 aromatic carbocycles. The maximum Gasteiger partial charge on any atom is 0.418 e. The zero-order valence-corrected chi connectivity index (χ0v) is 30.4. The van der Waals surface area contributed by atoms with Gasteiger partial charge < -0.3 is 9.74 Å². The van der Waals surface area contributed by atoms with Crippen molar-refractivity contribution in [1.82, 2.24) is 19.7 Å². The number of rotatable bonds is 12. The monoisotopic (exact) mass is 669 g/mol. The van der Waals surface area contributed by atoms with Gasteiger partial charge in [0.15, 0.2) is 8.32 Å². The first-order valence-corrected chi connectivity index (χ1v) is 20.3. The van der Waals surface area contributed by atoms with Gasteiger partial charge in [0.1, 0.15) is 0 Å². The lowest BCUT2D eigenvalue weighted by atomic mass is 9.71. The molecule has 0 spiro atoms. The lowest BCUT2D eigenvalue weighted by molar-refractivity contribution is -0.138. The summed E-state index contributed by atoms with van der Waals surface area (Å²) in [5.74, 6) is 1.19. The molecule has 6 nitrogen and oxygen atoms in total. The van der Waals surface area contributed by atoms with E-state index in [-0.39, 0.29) is 23.2 Å². The van der Waals surface area contributed by atoms with Crippen LogP contribution in [0.4, 0.5) is 18.9 Å². The molecule has 2 aromatic heterocycles. The molecule has 1 unspecified atom stereocenters. The number of nitrogens with one attached hydrogen (secondary N) is 1. The molecule has 2 fully saturated rings. The fourth-order valence-corrected chi connectivity index (χ4v) is 7.76. The van der Waals surface area contributed by atoms with E-state index in [9.17, 15) is 13.2 Å². The maximum absolute atomic E-state index is 14.2. The summed E-state index contributed by atoms with van der Waals surface area (Å²) in [5, 5.41) is 8.50. The number of pyridine rings is 1. The van der Waals surface area contributed by atoms with Crippen LogP contribution in [0.15, 0.2) is 42.7 Å². The fraction of sp³-hybridized carbons (Fsp3) is 0.622. The maximum atomic E-state index is 14.2. The quantitative estimate of drug-likeness (QED) is 0.195. The second kappa shape index (κ2) is 14.4. The van der Waals surface area contributed by atoms with E-state index in [0.29, 0.717) is 37.1 Å². The minimum Gasteiger partial charge on any atom is -0.415 e. The second-order valence-corrected chi connectivity index (χ2v) is 20.3. The minimum absolute atomic E-state index is 0.00466.